The molecule has 16 heavy (non-hydrogen) atoms. The largest absolute Gasteiger partial charge is 0.360 e. The van der Waals surface area contributed by atoms with Crippen LogP contribution in [-0.2, 0) is 11.5 Å². The van der Waals surface area contributed by atoms with Crippen molar-refractivity contribution in [2.24, 2.45) is 0 Å². The Morgan fingerprint density at radius 3 is 3.19 bits per heavy atom. The fourth-order valence-electron chi connectivity index (χ4n) is 1.49. The standard InChI is InChI=1S/C10H12IN3OS/c1-8-9-2-3-14(7-15-4-5-16-11)10(9)13-6-12-8/h2-3,6H,4-5,7H2,1H3. The monoisotopic (exact) mass is 349 g/mol. The van der Waals surface area contributed by atoms with Crippen molar-refractivity contribution in [1.29, 1.82) is 0 Å². The second-order valence-electron chi connectivity index (χ2n) is 3.33. The predicted octanol–water partition coefficient (Wildman–Crippen LogP) is 2.80. The Hall–Kier alpha value is -0.340. The van der Waals surface area contributed by atoms with Gasteiger partial charge in [0.25, 0.3) is 0 Å². The van der Waals surface area contributed by atoms with Crippen molar-refractivity contribution in [1.82, 2.24) is 14.5 Å². The third kappa shape index (κ3) is 2.67. The van der Waals surface area contributed by atoms with Crippen LogP contribution in [0.2, 0.25) is 0 Å². The van der Waals surface area contributed by atoms with E-state index in [1.807, 2.05) is 23.8 Å². The van der Waals surface area contributed by atoms with Crippen molar-refractivity contribution in [3.05, 3.63) is 24.3 Å². The molecular formula is C10H12IN3OS. The van der Waals surface area contributed by atoms with Crippen LogP contribution in [0, 0.1) is 6.92 Å². The molecule has 0 aliphatic carbocycles. The van der Waals surface area contributed by atoms with Crippen molar-refractivity contribution in [2.75, 3.05) is 12.4 Å². The number of hydrogen-bond donors (Lipinski definition) is 0. The normalized spacial score (nSPS) is 11.1. The molecule has 2 rings (SSSR count). The van der Waals surface area contributed by atoms with E-state index in [4.69, 9.17) is 4.74 Å². The number of aromatic nitrogens is 3. The average molecular weight is 349 g/mol. The molecule has 2 aromatic rings. The third-order valence-electron chi connectivity index (χ3n) is 2.29. The minimum Gasteiger partial charge on any atom is -0.360 e. The second-order valence-corrected chi connectivity index (χ2v) is 5.83. The van der Waals surface area contributed by atoms with Crippen LogP contribution < -0.4 is 0 Å². The first-order chi connectivity index (χ1) is 7.83. The number of rotatable bonds is 5. The summed E-state index contributed by atoms with van der Waals surface area (Å²) in [5.74, 6) is 1.01. The third-order valence-corrected chi connectivity index (χ3v) is 3.93. The molecule has 0 radical (unpaired) electrons. The van der Waals surface area contributed by atoms with E-state index < -0.39 is 0 Å². The molecule has 0 saturated carbocycles. The van der Waals surface area contributed by atoms with Gasteiger partial charge in [-0.25, -0.2) is 9.97 Å². The van der Waals surface area contributed by atoms with Gasteiger partial charge in [-0.3, -0.25) is 0 Å². The fraction of sp³-hybridized carbons (Fsp3) is 0.400. The lowest BCUT2D eigenvalue weighted by atomic mass is 10.3. The summed E-state index contributed by atoms with van der Waals surface area (Å²) in [5.41, 5.74) is 1.95. The molecule has 0 aromatic carbocycles. The number of aryl methyl sites for hydroxylation is 1. The van der Waals surface area contributed by atoms with Gasteiger partial charge in [-0.15, -0.1) is 0 Å². The Balaban J connectivity index is 2.10. The van der Waals surface area contributed by atoms with Crippen molar-refractivity contribution >= 4 is 41.2 Å². The first kappa shape index (κ1) is 12.1. The first-order valence-corrected chi connectivity index (χ1v) is 8.43. The summed E-state index contributed by atoms with van der Waals surface area (Å²) in [7, 11) is 1.76. The van der Waals surface area contributed by atoms with Crippen LogP contribution in [0.4, 0.5) is 0 Å². The number of halogens is 1. The molecule has 0 bridgehead atoms. The summed E-state index contributed by atoms with van der Waals surface area (Å²) >= 11 is 2.27. The highest BCUT2D eigenvalue weighted by molar-refractivity contribution is 14.2. The van der Waals surface area contributed by atoms with Gasteiger partial charge < -0.3 is 9.30 Å². The van der Waals surface area contributed by atoms with Gasteiger partial charge >= 0.3 is 0 Å². The smallest absolute Gasteiger partial charge is 0.145 e. The Labute approximate surface area is 110 Å². The Kier molecular flexibility index (Phi) is 4.42. The highest BCUT2D eigenvalue weighted by Gasteiger charge is 2.04. The van der Waals surface area contributed by atoms with E-state index in [1.54, 1.807) is 15.3 Å². The molecule has 0 aliphatic heterocycles. The molecule has 0 saturated heterocycles. The number of hydrogen-bond acceptors (Lipinski definition) is 4. The Morgan fingerprint density at radius 1 is 1.50 bits per heavy atom. The molecule has 0 atom stereocenters. The molecule has 86 valence electrons. The van der Waals surface area contributed by atoms with Gasteiger partial charge in [-0.1, -0.05) is 8.93 Å². The van der Waals surface area contributed by atoms with Crippen LogP contribution in [0.5, 0.6) is 0 Å². The van der Waals surface area contributed by atoms with E-state index in [9.17, 15) is 0 Å². The maximum absolute atomic E-state index is 5.54. The molecule has 0 unspecified atom stereocenters. The summed E-state index contributed by atoms with van der Waals surface area (Å²) in [6.07, 6.45) is 3.58. The maximum Gasteiger partial charge on any atom is 0.145 e. The quantitative estimate of drug-likeness (QED) is 0.615. The molecule has 2 heterocycles. The summed E-state index contributed by atoms with van der Waals surface area (Å²) in [6, 6.07) is 2.03. The summed E-state index contributed by atoms with van der Waals surface area (Å²) in [5, 5.41) is 1.09. The van der Waals surface area contributed by atoms with Gasteiger partial charge in [0, 0.05) is 17.3 Å². The summed E-state index contributed by atoms with van der Waals surface area (Å²) in [4.78, 5) is 8.43. The molecule has 2 aromatic heterocycles. The lowest BCUT2D eigenvalue weighted by molar-refractivity contribution is 0.0927. The van der Waals surface area contributed by atoms with Gasteiger partial charge in [0.1, 0.15) is 18.7 Å². The number of ether oxygens (including phenoxy) is 1. The topological polar surface area (TPSA) is 39.9 Å². The zero-order valence-corrected chi connectivity index (χ0v) is 11.9. The number of fused-ring (bicyclic) bond motifs is 1. The van der Waals surface area contributed by atoms with Crippen LogP contribution in [0.25, 0.3) is 11.0 Å². The van der Waals surface area contributed by atoms with Gasteiger partial charge in [0.2, 0.25) is 0 Å². The molecule has 0 N–H and O–H groups in total. The SMILES string of the molecule is Cc1ncnc2c1ccn2COCCSI. The zero-order chi connectivity index (χ0) is 11.4. The highest BCUT2D eigenvalue weighted by Crippen LogP contribution is 2.15. The van der Waals surface area contributed by atoms with Gasteiger partial charge in [0.15, 0.2) is 0 Å². The van der Waals surface area contributed by atoms with Gasteiger partial charge in [0.05, 0.1) is 12.3 Å². The molecule has 0 aliphatic rings. The highest BCUT2D eigenvalue weighted by atomic mass is 127. The van der Waals surface area contributed by atoms with E-state index in [2.05, 4.69) is 31.2 Å². The lowest BCUT2D eigenvalue weighted by Gasteiger charge is -2.05. The van der Waals surface area contributed by atoms with Gasteiger partial charge in [-0.2, -0.15) is 0 Å². The second kappa shape index (κ2) is 5.83. The van der Waals surface area contributed by atoms with E-state index in [1.165, 1.54) is 0 Å². The molecule has 0 fully saturated rings. The van der Waals surface area contributed by atoms with Crippen molar-refractivity contribution in [2.45, 2.75) is 13.7 Å². The van der Waals surface area contributed by atoms with Crippen LogP contribution in [0.15, 0.2) is 18.6 Å². The van der Waals surface area contributed by atoms with Crippen molar-refractivity contribution in [3.63, 3.8) is 0 Å². The van der Waals surface area contributed by atoms with Crippen molar-refractivity contribution < 1.29 is 4.74 Å². The minimum atomic E-state index is 0.553. The first-order valence-electron chi connectivity index (χ1n) is 4.90. The molecular weight excluding hydrogens is 337 g/mol. The molecule has 4 nitrogen and oxygen atoms in total. The van der Waals surface area contributed by atoms with Crippen LogP contribution >= 0.6 is 30.1 Å². The summed E-state index contributed by atoms with van der Waals surface area (Å²) in [6.45, 7) is 3.30. The molecule has 0 spiro atoms. The Bertz CT molecular complexity index is 474. The van der Waals surface area contributed by atoms with Gasteiger partial charge in [-0.05, 0) is 34.2 Å². The average Bonchev–Trinajstić information content (AvgIpc) is 2.70. The molecule has 6 heteroatoms. The lowest BCUT2D eigenvalue weighted by Crippen LogP contribution is -2.04. The molecule has 0 amide bonds. The van der Waals surface area contributed by atoms with E-state index >= 15 is 0 Å². The zero-order valence-electron chi connectivity index (χ0n) is 8.89. The van der Waals surface area contributed by atoms with E-state index in [0.717, 1.165) is 29.1 Å². The maximum atomic E-state index is 5.54. The van der Waals surface area contributed by atoms with Crippen LogP contribution in [0.3, 0.4) is 0 Å². The van der Waals surface area contributed by atoms with Crippen LogP contribution in [0.1, 0.15) is 5.69 Å². The van der Waals surface area contributed by atoms with E-state index in [-0.39, 0.29) is 0 Å². The van der Waals surface area contributed by atoms with Crippen LogP contribution in [-0.4, -0.2) is 26.9 Å². The number of nitrogens with zero attached hydrogens (tertiary/aromatic N) is 3. The summed E-state index contributed by atoms with van der Waals surface area (Å²) < 4.78 is 7.55. The van der Waals surface area contributed by atoms with Crippen molar-refractivity contribution in [3.8, 4) is 0 Å². The van der Waals surface area contributed by atoms with E-state index in [0.29, 0.717) is 6.73 Å². The minimum absolute atomic E-state index is 0.553. The fourth-order valence-corrected chi connectivity index (χ4v) is 2.21. The Morgan fingerprint density at radius 2 is 2.38 bits per heavy atom. The predicted molar refractivity (Wildman–Crippen MR) is 74.7 cm³/mol.